The Hall–Kier alpha value is 4.20. The van der Waals surface area contributed by atoms with Crippen LogP contribution in [0.1, 0.15) is 13.8 Å². The lowest BCUT2D eigenvalue weighted by molar-refractivity contribution is 0.454. The molecule has 0 aliphatic carbocycles. The molecule has 12 heteroatoms. The lowest BCUT2D eigenvalue weighted by Gasteiger charge is -2.47. The van der Waals surface area contributed by atoms with Crippen LogP contribution in [0.5, 0.6) is 0 Å². The molecule has 6 rings (SSSR count). The summed E-state index contributed by atoms with van der Waals surface area (Å²) < 4.78 is 0. The first-order valence-corrected chi connectivity index (χ1v) is 26.5. The topological polar surface area (TPSA) is 0 Å². The van der Waals surface area contributed by atoms with Crippen LogP contribution in [0.25, 0.3) is 0 Å². The molecule has 0 nitrogen and oxygen atoms in total. The Balaban J connectivity index is 0.000000128. The summed E-state index contributed by atoms with van der Waals surface area (Å²) in [6.07, 6.45) is 0. The number of hydrogen-bond donors (Lipinski definition) is 0. The van der Waals surface area contributed by atoms with Crippen molar-refractivity contribution in [3.05, 3.63) is 0 Å². The zero-order valence-corrected chi connectivity index (χ0v) is 30.2. The first-order valence-electron chi connectivity index (χ1n) is 12.0. The lowest BCUT2D eigenvalue weighted by atomic mass is 9.97. The summed E-state index contributed by atoms with van der Waals surface area (Å²) >= 11 is 8.40. The van der Waals surface area contributed by atoms with Gasteiger partial charge in [0.05, 0.1) is 0 Å². The Bertz CT molecular complexity index is 491. The standard InChI is InChI=1S/C6H12S4.C6H12S3.C5H8S3.C5H8S2/c1-2-7-8-3-6-4-9-10-5-6;1-2-8-9-5-6-3-7-4-6;1-5(2-6-1)3-7-8-4-5;1-5(2-6-1)3-7-4-5/h6H,2-5H2,1H3;6H,2-5H2,1H3;1-4H2;1-4H2. The Morgan fingerprint density at radius 2 is 0.912 bits per heavy atom. The molecule has 0 atom stereocenters. The fourth-order valence-corrected chi connectivity index (χ4v) is 19.6. The smallest absolute Gasteiger partial charge is 0.0118 e. The zero-order chi connectivity index (χ0) is 24.0. The van der Waals surface area contributed by atoms with E-state index in [9.17, 15) is 0 Å². The minimum absolute atomic E-state index is 0.806. The predicted molar refractivity (Wildman–Crippen MR) is 192 cm³/mol. The molecule has 0 bridgehead atoms. The van der Waals surface area contributed by atoms with Gasteiger partial charge in [-0.05, 0) is 23.3 Å². The third kappa shape index (κ3) is 12.4. The molecule has 0 saturated carbocycles. The second-order valence-corrected chi connectivity index (χ2v) is 23.9. The van der Waals surface area contributed by atoms with Gasteiger partial charge in [-0.25, -0.2) is 0 Å². The van der Waals surface area contributed by atoms with Gasteiger partial charge in [0.15, 0.2) is 0 Å². The van der Waals surface area contributed by atoms with E-state index in [0.717, 1.165) is 22.7 Å². The highest BCUT2D eigenvalue weighted by Gasteiger charge is 2.43. The van der Waals surface area contributed by atoms with Crippen molar-refractivity contribution in [3.8, 4) is 0 Å². The van der Waals surface area contributed by atoms with Crippen LogP contribution in [0.15, 0.2) is 0 Å². The van der Waals surface area contributed by atoms with E-state index >= 15 is 0 Å². The van der Waals surface area contributed by atoms with Crippen molar-refractivity contribution in [2.24, 2.45) is 22.7 Å². The molecule has 6 saturated heterocycles. The van der Waals surface area contributed by atoms with E-state index in [1.807, 2.05) is 64.8 Å². The van der Waals surface area contributed by atoms with Gasteiger partial charge in [-0.15, -0.1) is 0 Å². The molecule has 0 unspecified atom stereocenters. The van der Waals surface area contributed by atoms with E-state index in [4.69, 9.17) is 0 Å². The molecule has 0 amide bonds. The van der Waals surface area contributed by atoms with Crippen LogP contribution >= 0.6 is 133 Å². The molecule has 34 heavy (non-hydrogen) atoms. The number of hydrogen-bond acceptors (Lipinski definition) is 12. The largest absolute Gasteiger partial charge is 0.161 e. The van der Waals surface area contributed by atoms with Gasteiger partial charge in [0.1, 0.15) is 0 Å². The molecule has 0 N–H and O–H groups in total. The van der Waals surface area contributed by atoms with Crippen molar-refractivity contribution in [3.63, 3.8) is 0 Å². The van der Waals surface area contributed by atoms with Crippen molar-refractivity contribution in [2.75, 3.05) is 92.0 Å². The Morgan fingerprint density at radius 3 is 1.18 bits per heavy atom. The summed E-state index contributed by atoms with van der Waals surface area (Å²) in [4.78, 5) is 0. The van der Waals surface area contributed by atoms with Crippen LogP contribution in [0.2, 0.25) is 0 Å². The summed E-state index contributed by atoms with van der Waals surface area (Å²) in [7, 11) is 16.3. The SMILES string of the molecule is C1SCC12CSC2.C1SCC12CSSC2.CCSSCC1CSC1.CCSSCC1CSSC1. The maximum atomic E-state index is 2.22. The molecule has 0 aromatic carbocycles. The van der Waals surface area contributed by atoms with Gasteiger partial charge in [-0.2, -0.15) is 47.0 Å². The molecule has 6 aliphatic heterocycles. The van der Waals surface area contributed by atoms with Gasteiger partial charge < -0.3 is 0 Å². The normalized spacial score (nSPS) is 25.9. The molecular formula is C22H40S12. The van der Waals surface area contributed by atoms with E-state index in [-0.39, 0.29) is 0 Å². The minimum atomic E-state index is 0.806. The van der Waals surface area contributed by atoms with Crippen molar-refractivity contribution in [1.82, 2.24) is 0 Å². The Morgan fingerprint density at radius 1 is 0.500 bits per heavy atom. The maximum Gasteiger partial charge on any atom is 0.0118 e. The Kier molecular flexibility index (Phi) is 18.6. The van der Waals surface area contributed by atoms with Gasteiger partial charge in [-0.1, -0.05) is 100 Å². The minimum Gasteiger partial charge on any atom is -0.161 e. The van der Waals surface area contributed by atoms with Crippen LogP contribution in [0, 0.1) is 22.7 Å². The van der Waals surface area contributed by atoms with Crippen LogP contribution < -0.4 is 0 Å². The molecule has 0 radical (unpaired) electrons. The second-order valence-electron chi connectivity index (χ2n) is 9.22. The molecule has 0 aromatic heterocycles. The van der Waals surface area contributed by atoms with Crippen molar-refractivity contribution >= 4 is 133 Å². The van der Waals surface area contributed by atoms with Gasteiger partial charge in [0.25, 0.3) is 0 Å². The van der Waals surface area contributed by atoms with E-state index in [1.165, 1.54) is 92.0 Å². The Labute approximate surface area is 258 Å². The van der Waals surface area contributed by atoms with Crippen LogP contribution in [0.4, 0.5) is 0 Å². The lowest BCUT2D eigenvalue weighted by Crippen LogP contribution is -2.47. The highest BCUT2D eigenvalue weighted by Crippen LogP contribution is 2.52. The summed E-state index contributed by atoms with van der Waals surface area (Å²) in [5, 5.41) is 0. The average molecular weight is 689 g/mol. The van der Waals surface area contributed by atoms with Crippen LogP contribution in [0.3, 0.4) is 0 Å². The summed E-state index contributed by atoms with van der Waals surface area (Å²) in [6.45, 7) is 4.43. The first kappa shape index (κ1) is 32.7. The van der Waals surface area contributed by atoms with Gasteiger partial charge in [0, 0.05) is 91.4 Å². The van der Waals surface area contributed by atoms with Crippen LogP contribution in [-0.4, -0.2) is 92.0 Å². The maximum absolute atomic E-state index is 2.22. The predicted octanol–water partition coefficient (Wildman–Crippen LogP) is 9.73. The van der Waals surface area contributed by atoms with E-state index in [2.05, 4.69) is 82.5 Å². The molecule has 6 heterocycles. The van der Waals surface area contributed by atoms with Crippen molar-refractivity contribution in [2.45, 2.75) is 13.8 Å². The molecule has 6 aliphatic rings. The summed E-state index contributed by atoms with van der Waals surface area (Å²) in [5.41, 5.74) is 1.68. The van der Waals surface area contributed by atoms with Crippen molar-refractivity contribution in [1.29, 1.82) is 0 Å². The number of thioether (sulfide) groups is 4. The van der Waals surface area contributed by atoms with Gasteiger partial charge in [0.2, 0.25) is 0 Å². The third-order valence-corrected chi connectivity index (χ3v) is 22.8. The first-order chi connectivity index (χ1) is 16.7. The van der Waals surface area contributed by atoms with Gasteiger partial charge >= 0.3 is 0 Å². The number of rotatable bonds is 8. The van der Waals surface area contributed by atoms with Crippen molar-refractivity contribution < 1.29 is 0 Å². The highest BCUT2D eigenvalue weighted by atomic mass is 33.1. The average Bonchev–Trinajstić information content (AvgIpc) is 3.41. The molecule has 0 aromatic rings. The fraction of sp³-hybridized carbons (Fsp3) is 1.00. The highest BCUT2D eigenvalue weighted by molar-refractivity contribution is 8.78. The quantitative estimate of drug-likeness (QED) is 0.176. The fourth-order valence-electron chi connectivity index (χ4n) is 3.15. The second kappa shape index (κ2) is 19.3. The van der Waals surface area contributed by atoms with Crippen LogP contribution in [-0.2, 0) is 0 Å². The molecule has 6 fully saturated rings. The summed E-state index contributed by atoms with van der Waals surface area (Å²) in [5.74, 6) is 24.4. The van der Waals surface area contributed by atoms with E-state index in [1.54, 1.807) is 0 Å². The summed E-state index contributed by atoms with van der Waals surface area (Å²) in [6, 6.07) is 0. The van der Waals surface area contributed by atoms with E-state index in [0.29, 0.717) is 0 Å². The molecule has 200 valence electrons. The molecular weight excluding hydrogens is 649 g/mol. The molecule has 2 spiro atoms. The van der Waals surface area contributed by atoms with E-state index < -0.39 is 0 Å². The monoisotopic (exact) mass is 688 g/mol. The third-order valence-electron chi connectivity index (χ3n) is 5.67. The van der Waals surface area contributed by atoms with Gasteiger partial charge in [-0.3, -0.25) is 0 Å². The zero-order valence-electron chi connectivity index (χ0n) is 20.4.